The normalized spacial score (nSPS) is 19.3. The molecule has 2 aromatic heterocycles. The Bertz CT molecular complexity index is 987. The number of aromatic nitrogens is 4. The summed E-state index contributed by atoms with van der Waals surface area (Å²) < 4.78 is 0. The number of fused-ring (bicyclic) bond motifs is 1. The lowest BCUT2D eigenvalue weighted by Gasteiger charge is -2.27. The lowest BCUT2D eigenvalue weighted by molar-refractivity contribution is 0.0784. The molecular formula is C22H24N6O. The molecule has 2 aliphatic rings. The van der Waals surface area contributed by atoms with Crippen LogP contribution < -0.4 is 0 Å². The number of nitrogens with zero attached hydrogens (tertiary/aromatic N) is 5. The molecule has 0 radical (unpaired) electrons. The first-order valence-electron chi connectivity index (χ1n) is 10.2. The second-order valence-corrected chi connectivity index (χ2v) is 7.84. The van der Waals surface area contributed by atoms with Crippen LogP contribution in [0.15, 0.2) is 48.9 Å². The van der Waals surface area contributed by atoms with Gasteiger partial charge >= 0.3 is 0 Å². The molecule has 4 heterocycles. The molecule has 29 heavy (non-hydrogen) atoms. The Hall–Kier alpha value is -3.06. The molecule has 2 aliphatic heterocycles. The fraction of sp³-hybridized carbons (Fsp3) is 0.364. The topological polar surface area (TPSA) is 78.0 Å². The van der Waals surface area contributed by atoms with Gasteiger partial charge < -0.3 is 4.90 Å². The SMILES string of the molecule is O=C(c1cnccn1)N1CCC(c2n[nH]c3c2CN(Cc2ccccc2)CC3)C1. The van der Waals surface area contributed by atoms with Gasteiger partial charge in [-0.15, -0.1) is 0 Å². The van der Waals surface area contributed by atoms with E-state index < -0.39 is 0 Å². The number of hydrogen-bond acceptors (Lipinski definition) is 5. The Balaban J connectivity index is 1.29. The van der Waals surface area contributed by atoms with Gasteiger partial charge in [0.05, 0.1) is 11.9 Å². The molecule has 1 N–H and O–H groups in total. The highest BCUT2D eigenvalue weighted by Crippen LogP contribution is 2.32. The Labute approximate surface area is 169 Å². The maximum absolute atomic E-state index is 12.7. The molecule has 1 saturated heterocycles. The highest BCUT2D eigenvalue weighted by molar-refractivity contribution is 5.92. The predicted molar refractivity (Wildman–Crippen MR) is 108 cm³/mol. The maximum atomic E-state index is 12.7. The minimum atomic E-state index is -0.0456. The van der Waals surface area contributed by atoms with Crippen LogP contribution in [0.4, 0.5) is 0 Å². The molecular weight excluding hydrogens is 364 g/mol. The zero-order valence-corrected chi connectivity index (χ0v) is 16.3. The molecule has 3 aromatic rings. The number of rotatable bonds is 4. The van der Waals surface area contributed by atoms with Crippen molar-refractivity contribution in [1.82, 2.24) is 30.0 Å². The van der Waals surface area contributed by atoms with Crippen molar-refractivity contribution in [2.45, 2.75) is 31.8 Å². The fourth-order valence-electron chi connectivity index (χ4n) is 4.43. The molecule has 148 valence electrons. The lowest BCUT2D eigenvalue weighted by Crippen LogP contribution is -2.31. The van der Waals surface area contributed by atoms with Crippen LogP contribution in [0.2, 0.25) is 0 Å². The monoisotopic (exact) mass is 388 g/mol. The minimum Gasteiger partial charge on any atom is -0.337 e. The average molecular weight is 388 g/mol. The van der Waals surface area contributed by atoms with Crippen molar-refractivity contribution in [2.24, 2.45) is 0 Å². The standard InChI is InChI=1S/C22H24N6O/c29-22(20-12-23-8-9-24-20)28-11-6-17(14-28)21-18-15-27(10-7-19(18)25-26-21)13-16-4-2-1-3-5-16/h1-5,8-9,12,17H,6-7,10-11,13-15H2,(H,25,26). The van der Waals surface area contributed by atoms with E-state index in [1.54, 1.807) is 12.4 Å². The van der Waals surface area contributed by atoms with Crippen molar-refractivity contribution in [2.75, 3.05) is 19.6 Å². The van der Waals surface area contributed by atoms with Crippen LogP contribution in [0.3, 0.4) is 0 Å². The number of benzene rings is 1. The summed E-state index contributed by atoms with van der Waals surface area (Å²) >= 11 is 0. The number of nitrogens with one attached hydrogen (secondary N) is 1. The summed E-state index contributed by atoms with van der Waals surface area (Å²) in [5.41, 5.74) is 5.45. The van der Waals surface area contributed by atoms with Gasteiger partial charge in [0.25, 0.3) is 5.91 Å². The summed E-state index contributed by atoms with van der Waals surface area (Å²) in [6.45, 7) is 4.31. The van der Waals surface area contributed by atoms with Gasteiger partial charge in [-0.1, -0.05) is 30.3 Å². The largest absolute Gasteiger partial charge is 0.337 e. The quantitative estimate of drug-likeness (QED) is 0.743. The molecule has 1 atom stereocenters. The van der Waals surface area contributed by atoms with Gasteiger partial charge in [-0.2, -0.15) is 5.10 Å². The molecule has 7 heteroatoms. The van der Waals surface area contributed by atoms with E-state index in [-0.39, 0.29) is 11.8 Å². The Morgan fingerprint density at radius 3 is 2.90 bits per heavy atom. The van der Waals surface area contributed by atoms with Crippen LogP contribution in [-0.4, -0.2) is 55.5 Å². The number of carbonyl (C=O) groups excluding carboxylic acids is 1. The zero-order chi connectivity index (χ0) is 19.6. The van der Waals surface area contributed by atoms with Crippen LogP contribution >= 0.6 is 0 Å². The van der Waals surface area contributed by atoms with Crippen molar-refractivity contribution in [3.63, 3.8) is 0 Å². The number of amides is 1. The molecule has 0 bridgehead atoms. The van der Waals surface area contributed by atoms with E-state index in [0.717, 1.165) is 44.7 Å². The number of carbonyl (C=O) groups is 1. The number of aromatic amines is 1. The first kappa shape index (κ1) is 18.0. The summed E-state index contributed by atoms with van der Waals surface area (Å²) in [6, 6.07) is 10.6. The predicted octanol–water partition coefficient (Wildman–Crippen LogP) is 2.39. The summed E-state index contributed by atoms with van der Waals surface area (Å²) in [4.78, 5) is 25.2. The van der Waals surface area contributed by atoms with Gasteiger partial charge in [0.15, 0.2) is 0 Å². The van der Waals surface area contributed by atoms with E-state index in [2.05, 4.69) is 55.4 Å². The van der Waals surface area contributed by atoms with Crippen molar-refractivity contribution in [3.05, 3.63) is 77.1 Å². The Morgan fingerprint density at radius 1 is 1.17 bits per heavy atom. The third-order valence-electron chi connectivity index (χ3n) is 5.94. The number of H-pyrrole nitrogens is 1. The van der Waals surface area contributed by atoms with Gasteiger partial charge in [-0.25, -0.2) is 4.98 Å². The van der Waals surface area contributed by atoms with Crippen molar-refractivity contribution in [3.8, 4) is 0 Å². The summed E-state index contributed by atoms with van der Waals surface area (Å²) in [6.07, 6.45) is 6.60. The van der Waals surface area contributed by atoms with Gasteiger partial charge in [0, 0.05) is 68.7 Å². The van der Waals surface area contributed by atoms with E-state index >= 15 is 0 Å². The van der Waals surface area contributed by atoms with Gasteiger partial charge in [-0.05, 0) is 12.0 Å². The first-order chi connectivity index (χ1) is 14.3. The summed E-state index contributed by atoms with van der Waals surface area (Å²) in [5, 5.41) is 7.93. The van der Waals surface area contributed by atoms with Gasteiger partial charge in [-0.3, -0.25) is 19.8 Å². The molecule has 7 nitrogen and oxygen atoms in total. The van der Waals surface area contributed by atoms with E-state index in [9.17, 15) is 4.79 Å². The highest BCUT2D eigenvalue weighted by Gasteiger charge is 2.33. The molecule has 0 saturated carbocycles. The average Bonchev–Trinajstić information content (AvgIpc) is 3.41. The second-order valence-electron chi connectivity index (χ2n) is 7.84. The number of likely N-dealkylation sites (tertiary alicyclic amines) is 1. The van der Waals surface area contributed by atoms with Crippen LogP contribution in [0.25, 0.3) is 0 Å². The maximum Gasteiger partial charge on any atom is 0.274 e. The summed E-state index contributed by atoms with van der Waals surface area (Å²) in [5.74, 6) is 0.225. The van der Waals surface area contributed by atoms with Gasteiger partial charge in [0.1, 0.15) is 5.69 Å². The molecule has 0 aliphatic carbocycles. The minimum absolute atomic E-state index is 0.0456. The van der Waals surface area contributed by atoms with Crippen molar-refractivity contribution in [1.29, 1.82) is 0 Å². The molecule has 5 rings (SSSR count). The van der Waals surface area contributed by atoms with Crippen LogP contribution in [0.1, 0.15) is 45.3 Å². The van der Waals surface area contributed by atoms with Crippen LogP contribution in [0.5, 0.6) is 0 Å². The Morgan fingerprint density at radius 2 is 2.07 bits per heavy atom. The molecule has 1 aromatic carbocycles. The third kappa shape index (κ3) is 3.65. The fourth-order valence-corrected chi connectivity index (χ4v) is 4.43. The van der Waals surface area contributed by atoms with Gasteiger partial charge in [0.2, 0.25) is 0 Å². The highest BCUT2D eigenvalue weighted by atomic mass is 16.2. The van der Waals surface area contributed by atoms with Crippen molar-refractivity contribution < 1.29 is 4.79 Å². The van der Waals surface area contributed by atoms with E-state index in [4.69, 9.17) is 0 Å². The van der Waals surface area contributed by atoms with Crippen LogP contribution in [0, 0.1) is 0 Å². The second kappa shape index (κ2) is 7.75. The number of hydrogen-bond donors (Lipinski definition) is 1. The smallest absolute Gasteiger partial charge is 0.274 e. The lowest BCUT2D eigenvalue weighted by atomic mass is 9.96. The molecule has 0 spiro atoms. The van der Waals surface area contributed by atoms with Crippen LogP contribution in [-0.2, 0) is 19.5 Å². The zero-order valence-electron chi connectivity index (χ0n) is 16.3. The van der Waals surface area contributed by atoms with E-state index in [1.807, 2.05) is 4.90 Å². The molecule has 1 amide bonds. The van der Waals surface area contributed by atoms with Crippen molar-refractivity contribution >= 4 is 5.91 Å². The van der Waals surface area contributed by atoms with E-state index in [0.29, 0.717) is 12.2 Å². The third-order valence-corrected chi connectivity index (χ3v) is 5.94. The summed E-state index contributed by atoms with van der Waals surface area (Å²) in [7, 11) is 0. The Kier molecular flexibility index (Phi) is 4.81. The van der Waals surface area contributed by atoms with E-state index in [1.165, 1.54) is 23.0 Å². The molecule has 1 fully saturated rings. The first-order valence-corrected chi connectivity index (χ1v) is 10.2. The molecule has 1 unspecified atom stereocenters.